The molecule has 5 nitrogen and oxygen atoms in total. The minimum atomic E-state index is 0.180. The van der Waals surface area contributed by atoms with Gasteiger partial charge in [-0.3, -0.25) is 4.79 Å². The molecule has 0 atom stereocenters. The van der Waals surface area contributed by atoms with E-state index in [9.17, 15) is 9.90 Å². The third kappa shape index (κ3) is 7.84. The van der Waals surface area contributed by atoms with E-state index >= 15 is 0 Å². The van der Waals surface area contributed by atoms with E-state index in [2.05, 4.69) is 19.1 Å². The molecule has 0 fully saturated rings. The van der Waals surface area contributed by atoms with E-state index in [1.165, 1.54) is 5.56 Å². The van der Waals surface area contributed by atoms with Crippen molar-refractivity contribution in [3.8, 4) is 17.2 Å². The first kappa shape index (κ1) is 25.2. The van der Waals surface area contributed by atoms with Gasteiger partial charge in [-0.25, -0.2) is 0 Å². The summed E-state index contributed by atoms with van der Waals surface area (Å²) in [5, 5.41) is 9.43. The number of amides is 1. The van der Waals surface area contributed by atoms with Crippen LogP contribution in [0.2, 0.25) is 0 Å². The molecule has 0 aliphatic rings. The number of carbonyl (C=O) groups excluding carboxylic acids is 1. The monoisotopic (exact) mass is 461 g/mol. The van der Waals surface area contributed by atoms with Gasteiger partial charge in [0, 0.05) is 31.1 Å². The largest absolute Gasteiger partial charge is 0.508 e. The highest BCUT2D eigenvalue weighted by molar-refractivity contribution is 5.76. The summed E-state index contributed by atoms with van der Waals surface area (Å²) in [6.07, 6.45) is 4.46. The lowest BCUT2D eigenvalue weighted by molar-refractivity contribution is -0.131. The fourth-order valence-electron chi connectivity index (χ4n) is 3.79. The predicted octanol–water partition coefficient (Wildman–Crippen LogP) is 6.13. The molecule has 0 saturated heterocycles. The van der Waals surface area contributed by atoms with Crippen LogP contribution in [0.4, 0.5) is 0 Å². The number of phenolic OH excluding ortho intramolecular Hbond substituents is 1. The van der Waals surface area contributed by atoms with Crippen LogP contribution in [-0.4, -0.2) is 29.6 Å². The smallest absolute Gasteiger partial charge is 0.222 e. The second-order valence-electron chi connectivity index (χ2n) is 8.44. The highest BCUT2D eigenvalue weighted by atomic mass is 16.5. The van der Waals surface area contributed by atoms with Gasteiger partial charge in [-0.15, -0.1) is 0 Å². The number of phenols is 1. The molecule has 0 bridgehead atoms. The van der Waals surface area contributed by atoms with Gasteiger partial charge in [0.2, 0.25) is 5.91 Å². The number of nitrogens with zero attached hydrogens (tertiary/aromatic N) is 1. The van der Waals surface area contributed by atoms with Crippen molar-refractivity contribution in [1.29, 1.82) is 0 Å². The van der Waals surface area contributed by atoms with Crippen molar-refractivity contribution in [3.05, 3.63) is 89.5 Å². The number of unbranched alkanes of at least 4 members (excludes halogenated alkanes) is 2. The van der Waals surface area contributed by atoms with Crippen molar-refractivity contribution >= 4 is 5.91 Å². The Kier molecular flexibility index (Phi) is 9.83. The summed E-state index contributed by atoms with van der Waals surface area (Å²) in [5.41, 5.74) is 3.14. The van der Waals surface area contributed by atoms with Crippen LogP contribution in [0.1, 0.15) is 49.3 Å². The third-order valence-electron chi connectivity index (χ3n) is 5.82. The quantitative estimate of drug-likeness (QED) is 0.311. The molecular formula is C29H35NO4. The van der Waals surface area contributed by atoms with Crippen LogP contribution in [0.25, 0.3) is 0 Å². The summed E-state index contributed by atoms with van der Waals surface area (Å²) in [6.45, 7) is 3.70. The molecule has 0 aliphatic carbocycles. The van der Waals surface area contributed by atoms with Crippen molar-refractivity contribution in [2.24, 2.45) is 0 Å². The van der Waals surface area contributed by atoms with Crippen LogP contribution in [0.15, 0.2) is 72.8 Å². The average molecular weight is 462 g/mol. The summed E-state index contributed by atoms with van der Waals surface area (Å²) in [6, 6.07) is 23.0. The fourth-order valence-corrected chi connectivity index (χ4v) is 3.79. The number of hydrogen-bond donors (Lipinski definition) is 1. The molecule has 0 heterocycles. The van der Waals surface area contributed by atoms with E-state index < -0.39 is 0 Å². The van der Waals surface area contributed by atoms with Crippen LogP contribution in [0, 0.1) is 0 Å². The number of hydrogen-bond acceptors (Lipinski definition) is 4. The summed E-state index contributed by atoms with van der Waals surface area (Å²) in [4.78, 5) is 15.0. The first-order chi connectivity index (χ1) is 16.6. The first-order valence-corrected chi connectivity index (χ1v) is 12.0. The van der Waals surface area contributed by atoms with Gasteiger partial charge in [0.05, 0.1) is 7.11 Å². The molecule has 3 aromatic rings. The lowest BCUT2D eigenvalue weighted by Gasteiger charge is -2.24. The van der Waals surface area contributed by atoms with Crippen LogP contribution in [0.5, 0.6) is 17.2 Å². The molecule has 0 spiro atoms. The Labute approximate surface area is 203 Å². The van der Waals surface area contributed by atoms with Gasteiger partial charge < -0.3 is 19.5 Å². The van der Waals surface area contributed by atoms with E-state index in [1.807, 2.05) is 53.4 Å². The molecule has 0 aliphatic heterocycles. The summed E-state index contributed by atoms with van der Waals surface area (Å²) in [7, 11) is 1.64. The molecule has 5 heteroatoms. The van der Waals surface area contributed by atoms with Crippen LogP contribution in [0.3, 0.4) is 0 Å². The Morgan fingerprint density at radius 3 is 2.41 bits per heavy atom. The van der Waals surface area contributed by atoms with Gasteiger partial charge >= 0.3 is 0 Å². The zero-order valence-electron chi connectivity index (χ0n) is 20.2. The Bertz CT molecular complexity index is 1020. The number of rotatable bonds is 13. The number of methoxy groups -OCH3 is 1. The van der Waals surface area contributed by atoms with Crippen molar-refractivity contribution in [3.63, 3.8) is 0 Å². The number of ether oxygens (including phenoxy) is 2. The van der Waals surface area contributed by atoms with Crippen LogP contribution < -0.4 is 9.47 Å². The van der Waals surface area contributed by atoms with Crippen molar-refractivity contribution in [2.75, 3.05) is 13.7 Å². The molecule has 1 N–H and O–H groups in total. The minimum absolute atomic E-state index is 0.180. The Morgan fingerprint density at radius 2 is 1.71 bits per heavy atom. The molecule has 3 rings (SSSR count). The number of benzene rings is 3. The molecule has 0 saturated carbocycles. The Hall–Kier alpha value is -3.47. The maximum absolute atomic E-state index is 13.0. The molecule has 34 heavy (non-hydrogen) atoms. The predicted molar refractivity (Wildman–Crippen MR) is 135 cm³/mol. The zero-order chi connectivity index (χ0) is 24.2. The van der Waals surface area contributed by atoms with E-state index in [0.717, 1.165) is 36.8 Å². The Morgan fingerprint density at radius 1 is 0.941 bits per heavy atom. The minimum Gasteiger partial charge on any atom is -0.508 e. The van der Waals surface area contributed by atoms with E-state index in [4.69, 9.17) is 9.47 Å². The Balaban J connectivity index is 1.68. The van der Waals surface area contributed by atoms with Crippen molar-refractivity contribution in [1.82, 2.24) is 4.90 Å². The highest BCUT2D eigenvalue weighted by Gasteiger charge is 2.17. The highest BCUT2D eigenvalue weighted by Crippen LogP contribution is 2.27. The molecule has 0 unspecified atom stereocenters. The zero-order valence-corrected chi connectivity index (χ0v) is 20.2. The summed E-state index contributed by atoms with van der Waals surface area (Å²) in [5.74, 6) is 1.81. The molecule has 0 aromatic heterocycles. The van der Waals surface area contributed by atoms with Gasteiger partial charge in [-0.1, -0.05) is 62.2 Å². The fraction of sp³-hybridized carbons (Fsp3) is 0.345. The van der Waals surface area contributed by atoms with Gasteiger partial charge in [-0.05, 0) is 48.2 Å². The maximum Gasteiger partial charge on any atom is 0.222 e. The van der Waals surface area contributed by atoms with Gasteiger partial charge in [0.1, 0.15) is 23.9 Å². The van der Waals surface area contributed by atoms with Gasteiger partial charge in [0.15, 0.2) is 0 Å². The second kappa shape index (κ2) is 13.3. The van der Waals surface area contributed by atoms with Crippen molar-refractivity contribution < 1.29 is 19.4 Å². The lowest BCUT2D eigenvalue weighted by Crippen LogP contribution is -2.32. The van der Waals surface area contributed by atoms with Gasteiger partial charge in [-0.2, -0.15) is 0 Å². The van der Waals surface area contributed by atoms with Gasteiger partial charge in [0.25, 0.3) is 0 Å². The molecule has 0 radical (unpaired) electrons. The molecule has 3 aromatic carbocycles. The summed E-state index contributed by atoms with van der Waals surface area (Å²) >= 11 is 0. The first-order valence-electron chi connectivity index (χ1n) is 12.0. The summed E-state index contributed by atoms with van der Waals surface area (Å²) < 4.78 is 11.6. The van der Waals surface area contributed by atoms with Crippen LogP contribution >= 0.6 is 0 Å². The topological polar surface area (TPSA) is 59.0 Å². The second-order valence-corrected chi connectivity index (χ2v) is 8.44. The third-order valence-corrected chi connectivity index (χ3v) is 5.82. The van der Waals surface area contributed by atoms with E-state index in [1.54, 1.807) is 19.2 Å². The van der Waals surface area contributed by atoms with E-state index in [-0.39, 0.29) is 11.7 Å². The average Bonchev–Trinajstić information content (AvgIpc) is 2.87. The standard InChI is InChI=1S/C29H35NO4/c1-3-4-6-11-29(32)30(19-18-23-9-7-5-8-10-23)21-25-14-17-27(20-28(25)33-2)34-22-24-12-15-26(31)16-13-24/h5,7-10,12-17,20,31H,3-4,6,11,18-19,21-22H2,1-2H3. The molecular weight excluding hydrogens is 426 g/mol. The lowest BCUT2D eigenvalue weighted by atomic mass is 10.1. The van der Waals surface area contributed by atoms with Crippen molar-refractivity contribution in [2.45, 2.75) is 52.2 Å². The number of carbonyl (C=O) groups is 1. The van der Waals surface area contributed by atoms with Crippen LogP contribution in [-0.2, 0) is 24.4 Å². The SMILES string of the molecule is CCCCCC(=O)N(CCc1ccccc1)Cc1ccc(OCc2ccc(O)cc2)cc1OC. The van der Waals surface area contributed by atoms with E-state index in [0.29, 0.717) is 37.6 Å². The molecule has 1 amide bonds. The number of aromatic hydroxyl groups is 1. The maximum atomic E-state index is 13.0. The molecule has 180 valence electrons. The normalized spacial score (nSPS) is 10.6.